The van der Waals surface area contributed by atoms with Crippen molar-refractivity contribution >= 4 is 11.9 Å². The number of carbonyl (C=O) groups is 1. The number of nitrogen functional groups attached to an aromatic ring is 1. The molecule has 0 saturated carbocycles. The monoisotopic (exact) mass is 213 g/mol. The van der Waals surface area contributed by atoms with Crippen LogP contribution in [0.4, 0.5) is 5.95 Å². The zero-order chi connectivity index (χ0) is 11.3. The molecule has 1 rings (SSSR count). The van der Waals surface area contributed by atoms with Gasteiger partial charge in [-0.15, -0.1) is 5.10 Å². The first-order valence-corrected chi connectivity index (χ1v) is 4.65. The molecule has 0 unspecified atom stereocenters. The fourth-order valence-electron chi connectivity index (χ4n) is 1.12. The molecule has 0 aliphatic rings. The number of anilines is 1. The van der Waals surface area contributed by atoms with Crippen LogP contribution in [0.3, 0.4) is 0 Å². The van der Waals surface area contributed by atoms with E-state index >= 15 is 0 Å². The molecule has 0 aliphatic heterocycles. The summed E-state index contributed by atoms with van der Waals surface area (Å²) in [6.45, 7) is 3.48. The second-order valence-corrected chi connectivity index (χ2v) is 2.92. The van der Waals surface area contributed by atoms with Crippen LogP contribution in [0.25, 0.3) is 0 Å². The van der Waals surface area contributed by atoms with Gasteiger partial charge in [-0.25, -0.2) is 0 Å². The SMILES string of the molecule is CCN(CCOC)C(=O)c1nc(N)n[nH]1. The summed E-state index contributed by atoms with van der Waals surface area (Å²) in [7, 11) is 1.59. The van der Waals surface area contributed by atoms with Crippen molar-refractivity contribution in [3.05, 3.63) is 5.82 Å². The molecule has 0 bridgehead atoms. The molecule has 0 aliphatic carbocycles. The zero-order valence-electron chi connectivity index (χ0n) is 8.86. The van der Waals surface area contributed by atoms with Crippen molar-refractivity contribution in [1.82, 2.24) is 20.1 Å². The number of aromatic nitrogens is 3. The molecule has 7 heteroatoms. The number of H-pyrrole nitrogens is 1. The number of amides is 1. The first kappa shape index (κ1) is 11.4. The minimum absolute atomic E-state index is 0.0705. The van der Waals surface area contributed by atoms with Gasteiger partial charge in [-0.1, -0.05) is 0 Å². The summed E-state index contributed by atoms with van der Waals surface area (Å²) < 4.78 is 4.90. The van der Waals surface area contributed by atoms with Gasteiger partial charge in [-0.3, -0.25) is 9.89 Å². The summed E-state index contributed by atoms with van der Waals surface area (Å²) >= 11 is 0. The van der Waals surface area contributed by atoms with Gasteiger partial charge in [-0.2, -0.15) is 4.98 Å². The van der Waals surface area contributed by atoms with E-state index in [9.17, 15) is 4.79 Å². The van der Waals surface area contributed by atoms with Crippen LogP contribution in [0.15, 0.2) is 0 Å². The quantitative estimate of drug-likeness (QED) is 0.687. The fourth-order valence-corrected chi connectivity index (χ4v) is 1.12. The predicted molar refractivity (Wildman–Crippen MR) is 54.2 cm³/mol. The van der Waals surface area contributed by atoms with Gasteiger partial charge in [0.1, 0.15) is 0 Å². The van der Waals surface area contributed by atoms with Crippen LogP contribution in [0.2, 0.25) is 0 Å². The Bertz CT molecular complexity index is 325. The van der Waals surface area contributed by atoms with E-state index in [0.717, 1.165) is 0 Å². The van der Waals surface area contributed by atoms with E-state index in [2.05, 4.69) is 15.2 Å². The molecule has 0 saturated heterocycles. The molecular formula is C8H15N5O2. The normalized spacial score (nSPS) is 10.3. The number of ether oxygens (including phenoxy) is 1. The number of nitrogens with one attached hydrogen (secondary N) is 1. The molecule has 7 nitrogen and oxygen atoms in total. The Labute approximate surface area is 87.6 Å². The van der Waals surface area contributed by atoms with Crippen LogP contribution in [0.1, 0.15) is 17.5 Å². The van der Waals surface area contributed by atoms with E-state index in [1.165, 1.54) is 0 Å². The lowest BCUT2D eigenvalue weighted by Gasteiger charge is -2.18. The van der Waals surface area contributed by atoms with Gasteiger partial charge in [0.05, 0.1) is 6.61 Å². The second kappa shape index (κ2) is 5.30. The lowest BCUT2D eigenvalue weighted by molar-refractivity contribution is 0.0695. The number of carbonyl (C=O) groups excluding carboxylic acids is 1. The third-order valence-corrected chi connectivity index (χ3v) is 1.94. The molecule has 1 aromatic heterocycles. The average molecular weight is 213 g/mol. The highest BCUT2D eigenvalue weighted by molar-refractivity contribution is 5.90. The zero-order valence-corrected chi connectivity index (χ0v) is 8.86. The minimum Gasteiger partial charge on any atom is -0.383 e. The van der Waals surface area contributed by atoms with Gasteiger partial charge >= 0.3 is 0 Å². The van der Waals surface area contributed by atoms with E-state index in [0.29, 0.717) is 19.7 Å². The molecule has 15 heavy (non-hydrogen) atoms. The van der Waals surface area contributed by atoms with Crippen molar-refractivity contribution < 1.29 is 9.53 Å². The Morgan fingerprint density at radius 2 is 2.40 bits per heavy atom. The minimum atomic E-state index is -0.223. The smallest absolute Gasteiger partial charge is 0.291 e. The Hall–Kier alpha value is -1.63. The maximum absolute atomic E-state index is 11.8. The molecule has 0 spiro atoms. The van der Waals surface area contributed by atoms with E-state index < -0.39 is 0 Å². The largest absolute Gasteiger partial charge is 0.383 e. The standard InChI is InChI=1S/C8H15N5O2/c1-3-13(4-5-15-2)7(14)6-10-8(9)12-11-6/h3-5H2,1-2H3,(H3,9,10,11,12). The van der Waals surface area contributed by atoms with Crippen molar-refractivity contribution in [2.24, 2.45) is 0 Å². The number of nitrogens with two attached hydrogens (primary N) is 1. The lowest BCUT2D eigenvalue weighted by Crippen LogP contribution is -2.34. The van der Waals surface area contributed by atoms with E-state index in [1.54, 1.807) is 12.0 Å². The summed E-state index contributed by atoms with van der Waals surface area (Å²) in [6, 6.07) is 0. The summed E-state index contributed by atoms with van der Waals surface area (Å²) in [4.78, 5) is 17.1. The molecule has 1 amide bonds. The number of nitrogens with zero attached hydrogens (tertiary/aromatic N) is 3. The van der Waals surface area contributed by atoms with Crippen LogP contribution in [-0.2, 0) is 4.74 Å². The second-order valence-electron chi connectivity index (χ2n) is 2.92. The van der Waals surface area contributed by atoms with Crippen LogP contribution in [0, 0.1) is 0 Å². The average Bonchev–Trinajstić information content (AvgIpc) is 2.65. The Morgan fingerprint density at radius 1 is 1.67 bits per heavy atom. The van der Waals surface area contributed by atoms with Crippen LogP contribution < -0.4 is 5.73 Å². The van der Waals surface area contributed by atoms with Gasteiger partial charge < -0.3 is 15.4 Å². The maximum atomic E-state index is 11.8. The van der Waals surface area contributed by atoms with E-state index in [4.69, 9.17) is 10.5 Å². The first-order valence-electron chi connectivity index (χ1n) is 4.65. The highest BCUT2D eigenvalue weighted by atomic mass is 16.5. The molecular weight excluding hydrogens is 198 g/mol. The van der Waals surface area contributed by atoms with Crippen molar-refractivity contribution in [3.8, 4) is 0 Å². The highest BCUT2D eigenvalue weighted by Gasteiger charge is 2.17. The molecule has 0 radical (unpaired) electrons. The predicted octanol–water partition coefficient (Wildman–Crippen LogP) is -0.505. The Kier molecular flexibility index (Phi) is 4.04. The Balaban J connectivity index is 2.64. The number of aromatic amines is 1. The topological polar surface area (TPSA) is 97.1 Å². The molecule has 3 N–H and O–H groups in total. The number of hydrogen-bond acceptors (Lipinski definition) is 5. The van der Waals surface area contributed by atoms with Gasteiger partial charge in [0, 0.05) is 20.2 Å². The summed E-state index contributed by atoms with van der Waals surface area (Å²) in [5, 5.41) is 6.08. The molecule has 84 valence electrons. The lowest BCUT2D eigenvalue weighted by atomic mass is 10.4. The van der Waals surface area contributed by atoms with Gasteiger partial charge in [0.2, 0.25) is 11.8 Å². The first-order chi connectivity index (χ1) is 7.19. The van der Waals surface area contributed by atoms with Crippen molar-refractivity contribution in [3.63, 3.8) is 0 Å². The summed E-state index contributed by atoms with van der Waals surface area (Å²) in [5.74, 6) is 0.00495. The van der Waals surface area contributed by atoms with Crippen LogP contribution >= 0.6 is 0 Å². The molecule has 1 heterocycles. The van der Waals surface area contributed by atoms with Gasteiger partial charge in [-0.05, 0) is 6.92 Å². The highest BCUT2D eigenvalue weighted by Crippen LogP contribution is 2.00. The van der Waals surface area contributed by atoms with Crippen LogP contribution in [-0.4, -0.2) is 52.8 Å². The maximum Gasteiger partial charge on any atom is 0.291 e. The fraction of sp³-hybridized carbons (Fsp3) is 0.625. The number of methoxy groups -OCH3 is 1. The van der Waals surface area contributed by atoms with Crippen LogP contribution in [0.5, 0.6) is 0 Å². The third kappa shape index (κ3) is 2.91. The number of hydrogen-bond donors (Lipinski definition) is 2. The van der Waals surface area contributed by atoms with E-state index in [1.807, 2.05) is 6.92 Å². The van der Waals surface area contributed by atoms with Gasteiger partial charge in [0.15, 0.2) is 0 Å². The molecule has 0 aromatic carbocycles. The summed E-state index contributed by atoms with van der Waals surface area (Å²) in [6.07, 6.45) is 0. The summed E-state index contributed by atoms with van der Waals surface area (Å²) in [5.41, 5.74) is 5.31. The molecule has 1 aromatic rings. The van der Waals surface area contributed by atoms with Crippen molar-refractivity contribution in [2.75, 3.05) is 32.5 Å². The van der Waals surface area contributed by atoms with Crippen molar-refractivity contribution in [2.45, 2.75) is 6.92 Å². The third-order valence-electron chi connectivity index (χ3n) is 1.94. The van der Waals surface area contributed by atoms with Crippen molar-refractivity contribution in [1.29, 1.82) is 0 Å². The Morgan fingerprint density at radius 3 is 2.87 bits per heavy atom. The molecule has 0 atom stereocenters. The number of rotatable bonds is 5. The molecule has 0 fully saturated rings. The number of likely N-dealkylation sites (N-methyl/N-ethyl adjacent to an activating group) is 1. The van der Waals surface area contributed by atoms with Gasteiger partial charge in [0.25, 0.3) is 5.91 Å². The van der Waals surface area contributed by atoms with E-state index in [-0.39, 0.29) is 17.7 Å².